The maximum absolute atomic E-state index is 4.57. The first-order valence-electron chi connectivity index (χ1n) is 7.28. The Balaban J connectivity index is 0.00000156. The molecule has 23 heavy (non-hydrogen) atoms. The summed E-state index contributed by atoms with van der Waals surface area (Å²) in [5, 5.41) is 1.06. The van der Waals surface area contributed by atoms with Gasteiger partial charge < -0.3 is 4.90 Å². The van der Waals surface area contributed by atoms with Crippen LogP contribution in [0.25, 0.3) is 10.9 Å². The second-order valence-electron chi connectivity index (χ2n) is 5.63. The number of fused-ring (bicyclic) bond motifs is 2. The minimum atomic E-state index is 0. The first-order valence-corrected chi connectivity index (χ1v) is 8.07. The summed E-state index contributed by atoms with van der Waals surface area (Å²) < 4.78 is 1.17. The highest BCUT2D eigenvalue weighted by molar-refractivity contribution is 9.10. The van der Waals surface area contributed by atoms with Gasteiger partial charge in [0.05, 0.1) is 11.7 Å². The molecule has 0 unspecified atom stereocenters. The third-order valence-corrected chi connectivity index (χ3v) is 4.92. The van der Waals surface area contributed by atoms with Gasteiger partial charge in [-0.2, -0.15) is 0 Å². The summed E-state index contributed by atoms with van der Waals surface area (Å²) in [6.45, 7) is 5.09. The summed E-state index contributed by atoms with van der Waals surface area (Å²) in [6, 6.07) is 6.34. The average molecular weight is 392 g/mol. The molecule has 0 radical (unpaired) electrons. The quantitative estimate of drug-likeness (QED) is 0.611. The van der Waals surface area contributed by atoms with Crippen molar-refractivity contribution in [2.75, 3.05) is 11.4 Å². The molecule has 0 fully saturated rings. The van der Waals surface area contributed by atoms with Crippen LogP contribution in [0.2, 0.25) is 0 Å². The Morgan fingerprint density at radius 1 is 1.13 bits per heavy atom. The van der Waals surface area contributed by atoms with Crippen LogP contribution in [0.3, 0.4) is 0 Å². The van der Waals surface area contributed by atoms with Gasteiger partial charge in [0.25, 0.3) is 0 Å². The van der Waals surface area contributed by atoms with E-state index < -0.39 is 0 Å². The van der Waals surface area contributed by atoms with E-state index >= 15 is 0 Å². The van der Waals surface area contributed by atoms with Gasteiger partial charge in [0.1, 0.15) is 12.1 Å². The van der Waals surface area contributed by atoms with E-state index in [9.17, 15) is 0 Å². The molecular weight excluding hydrogens is 376 g/mol. The van der Waals surface area contributed by atoms with Crippen molar-refractivity contribution in [1.29, 1.82) is 0 Å². The normalized spacial score (nSPS) is 13.1. The van der Waals surface area contributed by atoms with Gasteiger partial charge in [0, 0.05) is 27.8 Å². The zero-order valence-corrected chi connectivity index (χ0v) is 15.3. The molecule has 1 aromatic carbocycles. The van der Waals surface area contributed by atoms with Gasteiger partial charge in [0.2, 0.25) is 0 Å². The van der Waals surface area contributed by atoms with Crippen LogP contribution in [0.5, 0.6) is 0 Å². The first kappa shape index (κ1) is 16.1. The van der Waals surface area contributed by atoms with Crippen LogP contribution in [0.15, 0.2) is 35.2 Å². The van der Waals surface area contributed by atoms with Crippen molar-refractivity contribution in [3.63, 3.8) is 0 Å². The van der Waals surface area contributed by atoms with Crippen LogP contribution < -0.4 is 4.90 Å². The number of pyridine rings is 1. The molecule has 0 saturated heterocycles. The molecule has 0 N–H and O–H groups in total. The second-order valence-corrected chi connectivity index (χ2v) is 6.49. The molecule has 0 atom stereocenters. The highest BCUT2D eigenvalue weighted by atomic mass is 79.9. The lowest BCUT2D eigenvalue weighted by atomic mass is 10.1. The van der Waals surface area contributed by atoms with Crippen molar-refractivity contribution in [2.45, 2.75) is 20.3 Å². The number of benzene rings is 1. The van der Waals surface area contributed by atoms with Crippen molar-refractivity contribution >= 4 is 50.7 Å². The lowest BCUT2D eigenvalue weighted by Crippen LogP contribution is -2.16. The van der Waals surface area contributed by atoms with E-state index in [-0.39, 0.29) is 12.4 Å². The Hall–Kier alpha value is -1.72. The van der Waals surface area contributed by atoms with E-state index in [2.05, 4.69) is 60.9 Å². The van der Waals surface area contributed by atoms with E-state index in [4.69, 9.17) is 0 Å². The van der Waals surface area contributed by atoms with Crippen molar-refractivity contribution in [3.8, 4) is 0 Å². The smallest absolute Gasteiger partial charge is 0.144 e. The van der Waals surface area contributed by atoms with Gasteiger partial charge in [-0.25, -0.2) is 9.97 Å². The lowest BCUT2D eigenvalue weighted by molar-refractivity contribution is 0.970. The number of nitrogens with zero attached hydrogens (tertiary/aromatic N) is 4. The number of aryl methyl sites for hydroxylation is 2. The molecule has 4 nitrogen and oxygen atoms in total. The molecule has 0 saturated carbocycles. The fourth-order valence-corrected chi connectivity index (χ4v) is 3.67. The summed E-state index contributed by atoms with van der Waals surface area (Å²) in [5.41, 5.74) is 5.76. The van der Waals surface area contributed by atoms with E-state index in [0.717, 1.165) is 35.4 Å². The van der Waals surface area contributed by atoms with Crippen LogP contribution >= 0.6 is 28.3 Å². The average Bonchev–Trinajstić information content (AvgIpc) is 2.96. The predicted octanol–water partition coefficient (Wildman–Crippen LogP) is 4.52. The molecule has 0 bridgehead atoms. The van der Waals surface area contributed by atoms with Gasteiger partial charge in [-0.3, -0.25) is 4.98 Å². The highest BCUT2D eigenvalue weighted by Crippen LogP contribution is 2.41. The van der Waals surface area contributed by atoms with Crippen molar-refractivity contribution in [3.05, 3.63) is 52.0 Å². The molecule has 3 heterocycles. The Morgan fingerprint density at radius 3 is 2.78 bits per heavy atom. The summed E-state index contributed by atoms with van der Waals surface area (Å²) >= 11 is 3.67. The van der Waals surface area contributed by atoms with Gasteiger partial charge in [-0.15, -0.1) is 12.4 Å². The molecular formula is C17H16BrClN4. The van der Waals surface area contributed by atoms with Gasteiger partial charge >= 0.3 is 0 Å². The third kappa shape index (κ3) is 2.58. The van der Waals surface area contributed by atoms with Gasteiger partial charge in [-0.05, 0) is 43.5 Å². The summed E-state index contributed by atoms with van der Waals surface area (Å²) in [6.07, 6.45) is 4.47. The number of halogens is 2. The zero-order chi connectivity index (χ0) is 15.3. The summed E-state index contributed by atoms with van der Waals surface area (Å²) in [5.74, 6) is 0.968. The number of aromatic nitrogens is 3. The molecule has 0 amide bonds. The first-order chi connectivity index (χ1) is 10.6. The Labute approximate surface area is 149 Å². The maximum atomic E-state index is 4.57. The number of hydrogen-bond acceptors (Lipinski definition) is 4. The van der Waals surface area contributed by atoms with Crippen LogP contribution in [0.4, 0.5) is 11.5 Å². The van der Waals surface area contributed by atoms with Crippen molar-refractivity contribution in [1.82, 2.24) is 15.0 Å². The van der Waals surface area contributed by atoms with Crippen LogP contribution in [0.1, 0.15) is 16.8 Å². The van der Waals surface area contributed by atoms with E-state index in [0.29, 0.717) is 0 Å². The Morgan fingerprint density at radius 2 is 1.96 bits per heavy atom. The molecule has 2 aromatic heterocycles. The number of rotatable bonds is 1. The van der Waals surface area contributed by atoms with E-state index in [1.165, 1.54) is 21.3 Å². The fourth-order valence-electron chi connectivity index (χ4n) is 3.15. The minimum Gasteiger partial charge on any atom is -0.325 e. The summed E-state index contributed by atoms with van der Waals surface area (Å²) in [4.78, 5) is 15.6. The maximum Gasteiger partial charge on any atom is 0.144 e. The molecule has 1 aliphatic heterocycles. The molecule has 6 heteroatoms. The topological polar surface area (TPSA) is 41.9 Å². The van der Waals surface area contributed by atoms with Crippen LogP contribution in [-0.4, -0.2) is 21.5 Å². The molecule has 0 spiro atoms. The molecule has 3 aromatic rings. The standard InChI is InChI=1S/C17H15BrN4.ClH/c1-10-3-4-14(18)12-5-6-22(16(10)12)17-13-7-11(2)19-8-15(13)20-9-21-17;/h3-4,7-9H,5-6H2,1-2H3;1H. The summed E-state index contributed by atoms with van der Waals surface area (Å²) in [7, 11) is 0. The molecule has 4 rings (SSSR count). The Kier molecular flexibility index (Phi) is 4.25. The molecule has 118 valence electrons. The van der Waals surface area contributed by atoms with Crippen molar-refractivity contribution < 1.29 is 0 Å². The minimum absolute atomic E-state index is 0. The van der Waals surface area contributed by atoms with Crippen LogP contribution in [-0.2, 0) is 6.42 Å². The zero-order valence-electron chi connectivity index (χ0n) is 12.9. The lowest BCUT2D eigenvalue weighted by Gasteiger charge is -2.21. The Bertz CT molecular complexity index is 897. The fraction of sp³-hybridized carbons (Fsp3) is 0.235. The monoisotopic (exact) mass is 390 g/mol. The molecule has 0 aliphatic carbocycles. The largest absolute Gasteiger partial charge is 0.325 e. The van der Waals surface area contributed by atoms with Gasteiger partial charge in [-0.1, -0.05) is 22.0 Å². The van der Waals surface area contributed by atoms with E-state index in [1.807, 2.05) is 13.1 Å². The second kappa shape index (κ2) is 6.06. The van der Waals surface area contributed by atoms with Crippen molar-refractivity contribution in [2.24, 2.45) is 0 Å². The SMILES string of the molecule is Cc1cc2c(N3CCc4c(Br)ccc(C)c43)ncnc2cn1.Cl. The number of anilines is 2. The highest BCUT2D eigenvalue weighted by Gasteiger charge is 2.26. The number of hydrogen-bond donors (Lipinski definition) is 0. The van der Waals surface area contributed by atoms with Crippen LogP contribution in [0, 0.1) is 13.8 Å². The molecule has 1 aliphatic rings. The van der Waals surface area contributed by atoms with Gasteiger partial charge in [0.15, 0.2) is 0 Å². The predicted molar refractivity (Wildman–Crippen MR) is 98.9 cm³/mol. The third-order valence-electron chi connectivity index (χ3n) is 4.18. The van der Waals surface area contributed by atoms with E-state index in [1.54, 1.807) is 6.33 Å².